The molecule has 3 aromatic rings. The topological polar surface area (TPSA) is 147 Å². The molecule has 3 atom stereocenters. The molecule has 0 bridgehead atoms. The van der Waals surface area contributed by atoms with E-state index in [2.05, 4.69) is 15.6 Å². The number of alkyl halides is 1. The molecule has 48 heavy (non-hydrogen) atoms. The van der Waals surface area contributed by atoms with Crippen molar-refractivity contribution in [3.8, 4) is 21.9 Å². The molecule has 5 rings (SSSR count). The van der Waals surface area contributed by atoms with Gasteiger partial charge in [0.2, 0.25) is 11.8 Å². The van der Waals surface area contributed by atoms with E-state index < -0.39 is 47.0 Å². The number of benzene rings is 2. The zero-order valence-electron chi connectivity index (χ0n) is 27.5. The predicted molar refractivity (Wildman–Crippen MR) is 178 cm³/mol. The first-order chi connectivity index (χ1) is 22.8. The number of thiazole rings is 1. The van der Waals surface area contributed by atoms with Crippen molar-refractivity contribution in [2.45, 2.75) is 77.4 Å². The second-order valence-electron chi connectivity index (χ2n) is 13.3. The summed E-state index contributed by atoms with van der Waals surface area (Å²) in [6, 6.07) is 10.3. The highest BCUT2D eigenvalue weighted by Crippen LogP contribution is 2.40. The molecule has 0 spiro atoms. The summed E-state index contributed by atoms with van der Waals surface area (Å²) in [4.78, 5) is 57.4. The average Bonchev–Trinajstić information content (AvgIpc) is 3.47. The van der Waals surface area contributed by atoms with Crippen LogP contribution in [0.2, 0.25) is 0 Å². The van der Waals surface area contributed by atoms with E-state index in [1.165, 1.54) is 16.2 Å². The van der Waals surface area contributed by atoms with E-state index in [1.54, 1.807) is 50.5 Å². The van der Waals surface area contributed by atoms with Crippen molar-refractivity contribution in [1.82, 2.24) is 20.5 Å². The molecule has 2 heterocycles. The third kappa shape index (κ3) is 8.19. The lowest BCUT2D eigenvalue weighted by Gasteiger charge is -2.35. The highest BCUT2D eigenvalue weighted by molar-refractivity contribution is 7.13. The van der Waals surface area contributed by atoms with Gasteiger partial charge in [-0.1, -0.05) is 32.9 Å². The minimum Gasteiger partial charge on any atom is -0.490 e. The molecule has 3 N–H and O–H groups in total. The van der Waals surface area contributed by atoms with E-state index in [0.29, 0.717) is 22.6 Å². The molecule has 2 aliphatic rings. The van der Waals surface area contributed by atoms with Crippen LogP contribution in [-0.4, -0.2) is 82.6 Å². The number of nitrogens with one attached hydrogen (secondary N) is 2. The van der Waals surface area contributed by atoms with Crippen LogP contribution in [0.4, 0.5) is 4.39 Å². The summed E-state index contributed by atoms with van der Waals surface area (Å²) in [5, 5.41) is 16.0. The fraction of sp³-hybridized carbons (Fsp3) is 0.457. The first kappa shape index (κ1) is 35.0. The highest BCUT2D eigenvalue weighted by atomic mass is 32.1. The first-order valence-corrected chi connectivity index (χ1v) is 16.8. The van der Waals surface area contributed by atoms with Gasteiger partial charge in [-0.05, 0) is 61.1 Å². The SMILES string of the molecule is Cc1ncsc1-c1ccc(CNC(=O)[C@@H]2C[C@@H](O)CN2C(=O)[C@@H](NC(=O)C2(F)CC2)C(C)(C)C)c(OCCOc2ccc(C=O)cc2)c1. The van der Waals surface area contributed by atoms with Gasteiger partial charge in [0.05, 0.1) is 22.2 Å². The number of nitrogens with zero attached hydrogens (tertiary/aromatic N) is 2. The quantitative estimate of drug-likeness (QED) is 0.181. The Morgan fingerprint density at radius 1 is 1.15 bits per heavy atom. The average molecular weight is 681 g/mol. The molecule has 1 aliphatic carbocycles. The van der Waals surface area contributed by atoms with Crippen LogP contribution in [0.15, 0.2) is 48.0 Å². The number of likely N-dealkylation sites (tertiary alicyclic amines) is 1. The van der Waals surface area contributed by atoms with Crippen LogP contribution in [0.1, 0.15) is 61.6 Å². The van der Waals surface area contributed by atoms with E-state index in [9.17, 15) is 28.7 Å². The summed E-state index contributed by atoms with van der Waals surface area (Å²) < 4.78 is 26.4. The molecule has 13 heteroatoms. The Morgan fingerprint density at radius 3 is 2.48 bits per heavy atom. The monoisotopic (exact) mass is 680 g/mol. The van der Waals surface area contributed by atoms with Crippen LogP contribution < -0.4 is 20.1 Å². The summed E-state index contributed by atoms with van der Waals surface area (Å²) in [5.74, 6) is -0.740. The lowest BCUT2D eigenvalue weighted by molar-refractivity contribution is -0.145. The number of rotatable bonds is 13. The molecule has 1 saturated carbocycles. The van der Waals surface area contributed by atoms with E-state index in [1.807, 2.05) is 25.1 Å². The first-order valence-electron chi connectivity index (χ1n) is 15.9. The number of ether oxygens (including phenoxy) is 2. The number of carbonyl (C=O) groups is 4. The molecule has 0 radical (unpaired) electrons. The Balaban J connectivity index is 1.27. The van der Waals surface area contributed by atoms with Crippen molar-refractivity contribution in [1.29, 1.82) is 0 Å². The van der Waals surface area contributed by atoms with Gasteiger partial charge in [0.1, 0.15) is 43.1 Å². The summed E-state index contributed by atoms with van der Waals surface area (Å²) in [7, 11) is 0. The molecule has 1 aromatic heterocycles. The van der Waals surface area contributed by atoms with Crippen LogP contribution >= 0.6 is 11.3 Å². The van der Waals surface area contributed by atoms with Crippen LogP contribution in [0.3, 0.4) is 0 Å². The molecular weight excluding hydrogens is 639 g/mol. The smallest absolute Gasteiger partial charge is 0.258 e. The maximum absolute atomic E-state index is 14.5. The van der Waals surface area contributed by atoms with E-state index >= 15 is 0 Å². The van der Waals surface area contributed by atoms with Crippen molar-refractivity contribution < 1.29 is 38.1 Å². The van der Waals surface area contributed by atoms with Crippen LogP contribution in [0.5, 0.6) is 11.5 Å². The van der Waals surface area contributed by atoms with E-state index in [0.717, 1.165) is 22.4 Å². The number of aldehydes is 1. The molecule has 0 unspecified atom stereocenters. The lowest BCUT2D eigenvalue weighted by Crippen LogP contribution is -2.59. The Morgan fingerprint density at radius 2 is 1.85 bits per heavy atom. The van der Waals surface area contributed by atoms with Gasteiger partial charge >= 0.3 is 0 Å². The molecule has 3 amide bonds. The fourth-order valence-corrected chi connectivity index (χ4v) is 6.33. The van der Waals surface area contributed by atoms with Crippen LogP contribution in [0.25, 0.3) is 10.4 Å². The number of aliphatic hydroxyl groups is 1. The molecule has 1 saturated heterocycles. The number of amides is 3. The van der Waals surface area contributed by atoms with Crippen molar-refractivity contribution in [2.75, 3.05) is 19.8 Å². The molecule has 1 aliphatic heterocycles. The van der Waals surface area contributed by atoms with Crippen molar-refractivity contribution in [3.63, 3.8) is 0 Å². The summed E-state index contributed by atoms with van der Waals surface area (Å²) in [6.07, 6.45) is 0.0593. The summed E-state index contributed by atoms with van der Waals surface area (Å²) >= 11 is 1.50. The zero-order valence-corrected chi connectivity index (χ0v) is 28.3. The van der Waals surface area contributed by atoms with Gasteiger partial charge < -0.3 is 30.1 Å². The van der Waals surface area contributed by atoms with Crippen LogP contribution in [0, 0.1) is 12.3 Å². The number of hydrogen-bond donors (Lipinski definition) is 3. The van der Waals surface area contributed by atoms with Crippen molar-refractivity contribution >= 4 is 35.3 Å². The van der Waals surface area contributed by atoms with Crippen LogP contribution in [-0.2, 0) is 20.9 Å². The number of aryl methyl sites for hydroxylation is 1. The van der Waals surface area contributed by atoms with Gasteiger partial charge in [-0.3, -0.25) is 19.2 Å². The number of aromatic nitrogens is 1. The Hall–Kier alpha value is -4.36. The molecule has 256 valence electrons. The van der Waals surface area contributed by atoms with E-state index in [4.69, 9.17) is 9.47 Å². The highest BCUT2D eigenvalue weighted by Gasteiger charge is 2.53. The molecular formula is C35H41FN4O7S. The summed E-state index contributed by atoms with van der Waals surface area (Å²) in [5.41, 5.74) is 2.03. The van der Waals surface area contributed by atoms with Crippen molar-refractivity contribution in [3.05, 3.63) is 64.8 Å². The number of aliphatic hydroxyl groups excluding tert-OH is 1. The fourth-order valence-electron chi connectivity index (χ4n) is 5.53. The molecule has 2 aromatic carbocycles. The Bertz CT molecular complexity index is 1650. The number of β-amino-alcohol motifs (C(OH)–C–C–N with tert-alkyl or cyclic N) is 1. The van der Waals surface area contributed by atoms with Crippen molar-refractivity contribution in [2.24, 2.45) is 5.41 Å². The number of halogens is 1. The largest absolute Gasteiger partial charge is 0.490 e. The lowest BCUT2D eigenvalue weighted by atomic mass is 9.85. The maximum atomic E-state index is 14.5. The third-order valence-electron chi connectivity index (χ3n) is 8.50. The second-order valence-corrected chi connectivity index (χ2v) is 14.2. The van der Waals surface area contributed by atoms with Gasteiger partial charge in [0, 0.05) is 30.6 Å². The Kier molecular flexibility index (Phi) is 10.5. The molecule has 2 fully saturated rings. The number of hydrogen-bond acceptors (Lipinski definition) is 9. The van der Waals surface area contributed by atoms with Gasteiger partial charge in [-0.25, -0.2) is 9.37 Å². The predicted octanol–water partition coefficient (Wildman–Crippen LogP) is 4.00. The second kappa shape index (κ2) is 14.4. The normalized spacial score (nSPS) is 18.9. The minimum atomic E-state index is -1.96. The summed E-state index contributed by atoms with van der Waals surface area (Å²) in [6.45, 7) is 7.58. The van der Waals surface area contributed by atoms with Gasteiger partial charge in [0.25, 0.3) is 5.91 Å². The van der Waals surface area contributed by atoms with Gasteiger partial charge in [0.15, 0.2) is 5.67 Å². The minimum absolute atomic E-state index is 0.0214. The number of carbonyl (C=O) groups excluding carboxylic acids is 4. The Labute approximate surface area is 282 Å². The molecule has 11 nitrogen and oxygen atoms in total. The standard InChI is InChI=1S/C35H41FN4O7S/c1-21-29(48-20-38-21)23-7-8-24(28(15-23)47-14-13-46-26-9-5-22(19-41)6-10-26)17-37-31(43)27-16-25(42)18-40(27)32(44)30(34(2,3)4)39-33(45)35(36)11-12-35/h5-10,15,19-20,25,27,30,42H,11-14,16-18H2,1-4H3,(H,37,43)(H,39,45)/t25-,27+,30-/m1/s1. The maximum Gasteiger partial charge on any atom is 0.258 e. The van der Waals surface area contributed by atoms with Gasteiger partial charge in [-0.15, -0.1) is 11.3 Å². The van der Waals surface area contributed by atoms with E-state index in [-0.39, 0.29) is 45.6 Å². The zero-order chi connectivity index (χ0) is 34.6. The van der Waals surface area contributed by atoms with Gasteiger partial charge in [-0.2, -0.15) is 0 Å². The third-order valence-corrected chi connectivity index (χ3v) is 9.48.